The fourth-order valence-electron chi connectivity index (χ4n) is 5.42. The van der Waals surface area contributed by atoms with Crippen molar-refractivity contribution in [2.24, 2.45) is 23.7 Å². The number of carbonyl (C=O) groups is 1. The Morgan fingerprint density at radius 1 is 0.531 bits per heavy atom. The van der Waals surface area contributed by atoms with Crippen LogP contribution in [-0.2, 0) is 4.79 Å². The summed E-state index contributed by atoms with van der Waals surface area (Å²) in [5.41, 5.74) is 0. The quantitative estimate of drug-likeness (QED) is 0.137. The second-order valence-electron chi connectivity index (χ2n) is 11.3. The van der Waals surface area contributed by atoms with Crippen LogP contribution in [0, 0.1) is 23.7 Å². The van der Waals surface area contributed by atoms with Crippen LogP contribution in [0.2, 0.25) is 0 Å². The topological polar surface area (TPSA) is 40.1 Å². The molecule has 0 N–H and O–H groups in total. The largest absolute Gasteiger partial charge is 0.550 e. The third-order valence-electron chi connectivity index (χ3n) is 7.32. The number of hydrogen-bond acceptors (Lipinski definition) is 2. The van der Waals surface area contributed by atoms with Gasteiger partial charge in [-0.15, -0.1) is 0 Å². The van der Waals surface area contributed by atoms with Crippen LogP contribution in [0.25, 0.3) is 0 Å². The highest BCUT2D eigenvalue weighted by Gasteiger charge is 2.15. The van der Waals surface area contributed by atoms with E-state index in [1.165, 1.54) is 116 Å². The molecule has 0 aliphatic carbocycles. The number of unbranched alkanes of at least 4 members (excludes halogenated alkanes) is 15. The van der Waals surface area contributed by atoms with Gasteiger partial charge in [0.25, 0.3) is 0 Å². The Morgan fingerprint density at radius 2 is 0.875 bits per heavy atom. The van der Waals surface area contributed by atoms with Crippen LogP contribution in [0.5, 0.6) is 0 Å². The first-order chi connectivity index (χ1) is 15.4. The Kier molecular flexibility index (Phi) is 21.9. The summed E-state index contributed by atoms with van der Waals surface area (Å²) in [4.78, 5) is 10.9. The normalized spacial score (nSPS) is 15.4. The maximum Gasteiger partial charge on any atom is 0.0442 e. The molecule has 0 aromatic carbocycles. The molecule has 0 aliphatic rings. The third kappa shape index (κ3) is 21.3. The molecule has 2 heteroatoms. The average Bonchev–Trinajstić information content (AvgIpc) is 2.73. The molecule has 0 heterocycles. The van der Waals surface area contributed by atoms with Crippen LogP contribution in [-0.4, -0.2) is 5.97 Å². The Bertz CT molecular complexity index is 406. The summed E-state index contributed by atoms with van der Waals surface area (Å²) in [7, 11) is 0. The van der Waals surface area contributed by atoms with Gasteiger partial charge in [-0.05, 0) is 42.9 Å². The number of rotatable bonds is 24. The Labute approximate surface area is 202 Å². The highest BCUT2D eigenvalue weighted by molar-refractivity contribution is 5.66. The van der Waals surface area contributed by atoms with Gasteiger partial charge in [0.1, 0.15) is 0 Å². The van der Waals surface area contributed by atoms with Crippen LogP contribution in [0.3, 0.4) is 0 Å². The van der Waals surface area contributed by atoms with Gasteiger partial charge in [-0.2, -0.15) is 0 Å². The van der Waals surface area contributed by atoms with E-state index in [2.05, 4.69) is 27.7 Å². The van der Waals surface area contributed by atoms with Crippen molar-refractivity contribution in [2.75, 3.05) is 0 Å². The van der Waals surface area contributed by atoms with E-state index in [0.717, 1.165) is 18.8 Å². The Morgan fingerprint density at radius 3 is 1.28 bits per heavy atom. The molecule has 4 atom stereocenters. The first-order valence-corrected chi connectivity index (χ1v) is 14.6. The highest BCUT2D eigenvalue weighted by Crippen LogP contribution is 2.26. The molecule has 0 fully saturated rings. The second kappa shape index (κ2) is 22.3. The van der Waals surface area contributed by atoms with Crippen molar-refractivity contribution in [1.82, 2.24) is 0 Å². The number of hydrogen-bond donors (Lipinski definition) is 0. The average molecular weight is 452 g/mol. The Hall–Kier alpha value is -0.530. The summed E-state index contributed by atoms with van der Waals surface area (Å²) in [6, 6.07) is 0. The summed E-state index contributed by atoms with van der Waals surface area (Å²) in [5, 5.41) is 10.9. The summed E-state index contributed by atoms with van der Waals surface area (Å²) in [6.07, 6.45) is 27.4. The molecule has 0 amide bonds. The van der Waals surface area contributed by atoms with Crippen molar-refractivity contribution in [3.63, 3.8) is 0 Å². The highest BCUT2D eigenvalue weighted by atomic mass is 16.4. The van der Waals surface area contributed by atoms with Crippen molar-refractivity contribution in [3.05, 3.63) is 0 Å². The van der Waals surface area contributed by atoms with Crippen molar-refractivity contribution in [1.29, 1.82) is 0 Å². The molecule has 0 unspecified atom stereocenters. The van der Waals surface area contributed by atoms with E-state index in [-0.39, 0.29) is 5.92 Å². The summed E-state index contributed by atoms with van der Waals surface area (Å²) in [5.74, 6) is 0.735. The minimum Gasteiger partial charge on any atom is -0.550 e. The van der Waals surface area contributed by atoms with Crippen LogP contribution in [0.4, 0.5) is 0 Å². The molecule has 192 valence electrons. The van der Waals surface area contributed by atoms with Gasteiger partial charge in [-0.25, -0.2) is 0 Å². The predicted molar refractivity (Wildman–Crippen MR) is 140 cm³/mol. The van der Waals surface area contributed by atoms with E-state index in [1.807, 2.05) is 0 Å². The van der Waals surface area contributed by atoms with E-state index in [9.17, 15) is 9.90 Å². The lowest BCUT2D eigenvalue weighted by Gasteiger charge is -2.23. The minimum absolute atomic E-state index is 0.320. The van der Waals surface area contributed by atoms with E-state index in [1.54, 1.807) is 6.92 Å². The first kappa shape index (κ1) is 31.5. The zero-order valence-corrected chi connectivity index (χ0v) is 22.8. The fourth-order valence-corrected chi connectivity index (χ4v) is 5.42. The van der Waals surface area contributed by atoms with Gasteiger partial charge < -0.3 is 9.90 Å². The van der Waals surface area contributed by atoms with Crippen LogP contribution >= 0.6 is 0 Å². The van der Waals surface area contributed by atoms with Gasteiger partial charge in [0.2, 0.25) is 0 Å². The molecule has 0 bridgehead atoms. The summed E-state index contributed by atoms with van der Waals surface area (Å²) < 4.78 is 0. The van der Waals surface area contributed by atoms with Gasteiger partial charge in [0, 0.05) is 5.97 Å². The third-order valence-corrected chi connectivity index (χ3v) is 7.32. The molecule has 0 saturated heterocycles. The number of carbonyl (C=O) groups excluding carboxylic acids is 1. The molecule has 32 heavy (non-hydrogen) atoms. The second-order valence-corrected chi connectivity index (χ2v) is 11.3. The zero-order chi connectivity index (χ0) is 24.0. The van der Waals surface area contributed by atoms with Gasteiger partial charge >= 0.3 is 0 Å². The monoisotopic (exact) mass is 451 g/mol. The van der Waals surface area contributed by atoms with Gasteiger partial charge in [0.05, 0.1) is 0 Å². The molecular formula is C30H59O2-. The van der Waals surface area contributed by atoms with E-state index in [4.69, 9.17) is 0 Å². The van der Waals surface area contributed by atoms with Crippen molar-refractivity contribution < 1.29 is 9.90 Å². The minimum atomic E-state index is -0.902. The molecule has 0 aromatic heterocycles. The van der Waals surface area contributed by atoms with Gasteiger partial charge in [-0.1, -0.05) is 144 Å². The number of carboxylic acids is 1. The maximum atomic E-state index is 10.9. The van der Waals surface area contributed by atoms with Crippen molar-refractivity contribution in [3.8, 4) is 0 Å². The molecule has 0 radical (unpaired) electrons. The summed E-state index contributed by atoms with van der Waals surface area (Å²) in [6.45, 7) is 11.0. The summed E-state index contributed by atoms with van der Waals surface area (Å²) >= 11 is 0. The number of aliphatic carboxylic acids is 1. The molecule has 2 nitrogen and oxygen atoms in total. The SMILES string of the molecule is CCCCCCCCCCCCCCCCCC[C@@H](C)C[C@@H](C)C[C@@H](C)C[C@@H](C)C(=O)[O-]. The van der Waals surface area contributed by atoms with E-state index in [0.29, 0.717) is 11.8 Å². The van der Waals surface area contributed by atoms with Crippen molar-refractivity contribution in [2.45, 2.75) is 163 Å². The number of carboxylic acid groups (broad SMARTS) is 1. The standard InChI is InChI=1S/C30H60O2/c1-6-7-8-9-10-11-12-13-14-15-16-17-18-19-20-21-22-26(2)23-27(3)24-28(4)25-29(5)30(31)32/h26-29H,6-25H2,1-5H3,(H,31,32)/p-1/t26-,27-,28-,29-/m1/s1. The smallest absolute Gasteiger partial charge is 0.0442 e. The lowest BCUT2D eigenvalue weighted by molar-refractivity contribution is -0.311. The van der Waals surface area contributed by atoms with Crippen LogP contribution in [0.1, 0.15) is 163 Å². The molecule has 0 spiro atoms. The molecule has 0 aromatic rings. The van der Waals surface area contributed by atoms with Gasteiger partial charge in [-0.3, -0.25) is 0 Å². The Balaban J connectivity index is 3.42. The zero-order valence-electron chi connectivity index (χ0n) is 22.8. The van der Waals surface area contributed by atoms with Crippen LogP contribution in [0.15, 0.2) is 0 Å². The van der Waals surface area contributed by atoms with E-state index < -0.39 is 5.97 Å². The predicted octanol–water partition coefficient (Wildman–Crippen LogP) is 9.10. The lowest BCUT2D eigenvalue weighted by Crippen LogP contribution is -2.30. The first-order valence-electron chi connectivity index (χ1n) is 14.6. The molecular weight excluding hydrogens is 392 g/mol. The molecule has 0 saturated carbocycles. The molecule has 0 aliphatic heterocycles. The fraction of sp³-hybridized carbons (Fsp3) is 0.967. The molecule has 0 rings (SSSR count). The lowest BCUT2D eigenvalue weighted by atomic mass is 9.84. The van der Waals surface area contributed by atoms with Crippen molar-refractivity contribution >= 4 is 5.97 Å². The van der Waals surface area contributed by atoms with E-state index >= 15 is 0 Å². The maximum absolute atomic E-state index is 10.9. The van der Waals surface area contributed by atoms with Gasteiger partial charge in [0.15, 0.2) is 0 Å². The van der Waals surface area contributed by atoms with Crippen LogP contribution < -0.4 is 5.11 Å².